The number of ether oxygens (including phenoxy) is 1. The fourth-order valence-electron chi connectivity index (χ4n) is 2.78. The smallest absolute Gasteiger partial charge is 0.228 e. The zero-order valence-electron chi connectivity index (χ0n) is 14.1. The summed E-state index contributed by atoms with van der Waals surface area (Å²) < 4.78 is 5.29. The van der Waals surface area contributed by atoms with Crippen LogP contribution < -0.4 is 5.73 Å². The molecule has 6 heteroatoms. The number of rotatable bonds is 4. The second-order valence-corrected chi connectivity index (χ2v) is 7.42. The lowest BCUT2D eigenvalue weighted by Crippen LogP contribution is -2.41. The summed E-state index contributed by atoms with van der Waals surface area (Å²) in [6, 6.07) is 7.89. The number of amides is 1. The van der Waals surface area contributed by atoms with Gasteiger partial charge in [-0.25, -0.2) is 4.98 Å². The van der Waals surface area contributed by atoms with Crippen molar-refractivity contribution in [2.24, 2.45) is 0 Å². The number of hydrogen-bond donors (Lipinski definition) is 1. The molecule has 128 valence electrons. The van der Waals surface area contributed by atoms with Gasteiger partial charge in [0.05, 0.1) is 25.3 Å². The molecule has 0 spiro atoms. The van der Waals surface area contributed by atoms with E-state index < -0.39 is 0 Å². The maximum atomic E-state index is 12.4. The SMILES string of the molecule is CC(C)(c1ccc(N)cc1)c1nc(CC(=O)N2CCOCC2)cs1. The normalized spacial score (nSPS) is 15.5. The Labute approximate surface area is 146 Å². The fourth-order valence-corrected chi connectivity index (χ4v) is 3.74. The molecule has 0 bridgehead atoms. The number of aromatic nitrogens is 1. The number of anilines is 1. The van der Waals surface area contributed by atoms with E-state index >= 15 is 0 Å². The lowest BCUT2D eigenvalue weighted by molar-refractivity contribution is -0.134. The van der Waals surface area contributed by atoms with Crippen LogP contribution in [-0.2, 0) is 21.4 Å². The molecule has 1 fully saturated rings. The molecule has 1 aromatic carbocycles. The van der Waals surface area contributed by atoms with E-state index in [-0.39, 0.29) is 11.3 Å². The first-order valence-electron chi connectivity index (χ1n) is 8.13. The average Bonchev–Trinajstić information content (AvgIpc) is 3.05. The zero-order chi connectivity index (χ0) is 17.2. The Morgan fingerprint density at radius 2 is 1.96 bits per heavy atom. The second kappa shape index (κ2) is 6.91. The van der Waals surface area contributed by atoms with Crippen LogP contribution in [0.5, 0.6) is 0 Å². The molecular formula is C18H23N3O2S. The van der Waals surface area contributed by atoms with Crippen molar-refractivity contribution in [3.8, 4) is 0 Å². The van der Waals surface area contributed by atoms with Crippen LogP contribution in [0.2, 0.25) is 0 Å². The lowest BCUT2D eigenvalue weighted by Gasteiger charge is -2.26. The summed E-state index contributed by atoms with van der Waals surface area (Å²) in [5, 5.41) is 3.00. The minimum atomic E-state index is -0.210. The van der Waals surface area contributed by atoms with Gasteiger partial charge in [-0.2, -0.15) is 0 Å². The molecule has 0 saturated carbocycles. The number of carbonyl (C=O) groups is 1. The summed E-state index contributed by atoms with van der Waals surface area (Å²) in [6.07, 6.45) is 0.355. The molecular weight excluding hydrogens is 322 g/mol. The molecule has 2 heterocycles. The predicted molar refractivity (Wildman–Crippen MR) is 96.2 cm³/mol. The van der Waals surface area contributed by atoms with Crippen LogP contribution >= 0.6 is 11.3 Å². The standard InChI is InChI=1S/C18H23N3O2S/c1-18(2,13-3-5-14(19)6-4-13)17-20-15(12-24-17)11-16(22)21-7-9-23-10-8-21/h3-6,12H,7-11,19H2,1-2H3. The zero-order valence-corrected chi connectivity index (χ0v) is 14.9. The molecule has 2 aromatic rings. The molecule has 1 saturated heterocycles. The molecule has 0 atom stereocenters. The molecule has 24 heavy (non-hydrogen) atoms. The van der Waals surface area contributed by atoms with E-state index in [2.05, 4.69) is 13.8 Å². The van der Waals surface area contributed by atoms with Crippen LogP contribution in [0, 0.1) is 0 Å². The summed E-state index contributed by atoms with van der Waals surface area (Å²) in [4.78, 5) is 18.9. The Morgan fingerprint density at radius 3 is 2.62 bits per heavy atom. The highest BCUT2D eigenvalue weighted by molar-refractivity contribution is 7.09. The maximum Gasteiger partial charge on any atom is 0.228 e. The van der Waals surface area contributed by atoms with Crippen LogP contribution in [-0.4, -0.2) is 42.1 Å². The molecule has 1 aliphatic rings. The van der Waals surface area contributed by atoms with Crippen molar-refractivity contribution in [2.75, 3.05) is 32.0 Å². The van der Waals surface area contributed by atoms with Gasteiger partial charge in [-0.05, 0) is 31.5 Å². The van der Waals surface area contributed by atoms with E-state index in [1.807, 2.05) is 34.5 Å². The van der Waals surface area contributed by atoms with Crippen LogP contribution in [0.25, 0.3) is 0 Å². The highest BCUT2D eigenvalue weighted by Crippen LogP contribution is 2.34. The number of nitrogen functional groups attached to an aromatic ring is 1. The summed E-state index contributed by atoms with van der Waals surface area (Å²) in [6.45, 7) is 6.88. The molecule has 1 aliphatic heterocycles. The number of morpholine rings is 1. The van der Waals surface area contributed by atoms with Gasteiger partial charge in [0.15, 0.2) is 0 Å². The summed E-state index contributed by atoms with van der Waals surface area (Å²) in [7, 11) is 0. The third-order valence-corrected chi connectivity index (χ3v) is 5.63. The van der Waals surface area contributed by atoms with Crippen LogP contribution in [0.3, 0.4) is 0 Å². The Hall–Kier alpha value is -1.92. The quantitative estimate of drug-likeness (QED) is 0.864. The first kappa shape index (κ1) is 16.9. The highest BCUT2D eigenvalue weighted by Gasteiger charge is 2.27. The maximum absolute atomic E-state index is 12.4. The first-order valence-corrected chi connectivity index (χ1v) is 9.01. The molecule has 2 N–H and O–H groups in total. The van der Waals surface area contributed by atoms with Crippen molar-refractivity contribution in [3.05, 3.63) is 45.9 Å². The minimum Gasteiger partial charge on any atom is -0.399 e. The Balaban J connectivity index is 1.72. The summed E-state index contributed by atoms with van der Waals surface area (Å²) >= 11 is 1.61. The van der Waals surface area contributed by atoms with Gasteiger partial charge in [0.1, 0.15) is 5.01 Å². The van der Waals surface area contributed by atoms with Crippen molar-refractivity contribution in [2.45, 2.75) is 25.7 Å². The van der Waals surface area contributed by atoms with Gasteiger partial charge in [0.25, 0.3) is 0 Å². The largest absolute Gasteiger partial charge is 0.399 e. The Bertz CT molecular complexity index is 703. The van der Waals surface area contributed by atoms with Gasteiger partial charge >= 0.3 is 0 Å². The van der Waals surface area contributed by atoms with Crippen LogP contribution in [0.1, 0.15) is 30.1 Å². The van der Waals surface area contributed by atoms with Crippen molar-refractivity contribution in [1.82, 2.24) is 9.88 Å². The predicted octanol–water partition coefficient (Wildman–Crippen LogP) is 2.45. The number of benzene rings is 1. The fraction of sp³-hybridized carbons (Fsp3) is 0.444. The molecule has 1 amide bonds. The molecule has 0 unspecified atom stereocenters. The van der Waals surface area contributed by atoms with Crippen molar-refractivity contribution in [1.29, 1.82) is 0 Å². The number of nitrogens with zero attached hydrogens (tertiary/aromatic N) is 2. The van der Waals surface area contributed by atoms with Crippen LogP contribution in [0.15, 0.2) is 29.6 Å². The second-order valence-electron chi connectivity index (χ2n) is 6.56. The lowest BCUT2D eigenvalue weighted by atomic mass is 9.85. The van der Waals surface area contributed by atoms with E-state index in [0.29, 0.717) is 32.7 Å². The Kier molecular flexibility index (Phi) is 4.87. The van der Waals surface area contributed by atoms with E-state index in [9.17, 15) is 4.79 Å². The van der Waals surface area contributed by atoms with E-state index in [1.54, 1.807) is 11.3 Å². The topological polar surface area (TPSA) is 68.5 Å². The number of hydrogen-bond acceptors (Lipinski definition) is 5. The third-order valence-electron chi connectivity index (χ3n) is 4.41. The van der Waals surface area contributed by atoms with Crippen molar-refractivity contribution < 1.29 is 9.53 Å². The molecule has 5 nitrogen and oxygen atoms in total. The molecule has 0 radical (unpaired) electrons. The van der Waals surface area contributed by atoms with Gasteiger partial charge in [0, 0.05) is 29.6 Å². The molecule has 3 rings (SSSR count). The Morgan fingerprint density at radius 1 is 1.29 bits per heavy atom. The minimum absolute atomic E-state index is 0.125. The molecule has 0 aliphatic carbocycles. The summed E-state index contributed by atoms with van der Waals surface area (Å²) in [5.41, 5.74) is 8.33. The number of carbonyl (C=O) groups excluding carboxylic acids is 1. The van der Waals surface area contributed by atoms with Crippen molar-refractivity contribution >= 4 is 22.9 Å². The monoisotopic (exact) mass is 345 g/mol. The van der Waals surface area contributed by atoms with Gasteiger partial charge in [0.2, 0.25) is 5.91 Å². The first-order chi connectivity index (χ1) is 11.5. The average molecular weight is 345 g/mol. The number of thiazole rings is 1. The van der Waals surface area contributed by atoms with Gasteiger partial charge in [-0.3, -0.25) is 4.79 Å². The van der Waals surface area contributed by atoms with Crippen molar-refractivity contribution in [3.63, 3.8) is 0 Å². The summed E-state index contributed by atoms with van der Waals surface area (Å²) in [5.74, 6) is 0.125. The van der Waals surface area contributed by atoms with Gasteiger partial charge in [-0.1, -0.05) is 12.1 Å². The van der Waals surface area contributed by atoms with E-state index in [4.69, 9.17) is 15.5 Å². The molecule has 1 aromatic heterocycles. The number of nitrogens with two attached hydrogens (primary N) is 1. The van der Waals surface area contributed by atoms with Gasteiger partial charge < -0.3 is 15.4 Å². The van der Waals surface area contributed by atoms with Gasteiger partial charge in [-0.15, -0.1) is 11.3 Å². The van der Waals surface area contributed by atoms with Crippen LogP contribution in [0.4, 0.5) is 5.69 Å². The van der Waals surface area contributed by atoms with E-state index in [0.717, 1.165) is 22.0 Å². The van der Waals surface area contributed by atoms with E-state index in [1.165, 1.54) is 0 Å². The highest BCUT2D eigenvalue weighted by atomic mass is 32.1. The third kappa shape index (κ3) is 3.60.